The van der Waals surface area contributed by atoms with E-state index in [9.17, 15) is 4.79 Å². The number of carbonyl (C=O) groups excluding carboxylic acids is 1. The number of hydrogen-bond acceptors (Lipinski definition) is 5. The minimum atomic E-state index is -0.485. The SMILES string of the molecule is Cc1ncccc1OCc1ccoc1C(=O)NN. The van der Waals surface area contributed by atoms with Gasteiger partial charge >= 0.3 is 5.91 Å². The van der Waals surface area contributed by atoms with Crippen LogP contribution < -0.4 is 16.0 Å². The molecule has 2 rings (SSSR count). The second kappa shape index (κ2) is 5.33. The fraction of sp³-hybridized carbons (Fsp3) is 0.167. The summed E-state index contributed by atoms with van der Waals surface area (Å²) in [5.41, 5.74) is 3.43. The molecule has 18 heavy (non-hydrogen) atoms. The molecule has 0 atom stereocenters. The molecule has 0 saturated heterocycles. The van der Waals surface area contributed by atoms with Gasteiger partial charge in [-0.25, -0.2) is 5.84 Å². The first-order valence-electron chi connectivity index (χ1n) is 5.34. The maximum atomic E-state index is 11.4. The summed E-state index contributed by atoms with van der Waals surface area (Å²) in [4.78, 5) is 15.5. The second-order valence-electron chi connectivity index (χ2n) is 3.62. The van der Waals surface area contributed by atoms with E-state index in [1.54, 1.807) is 18.3 Å². The van der Waals surface area contributed by atoms with Crippen LogP contribution in [0.4, 0.5) is 0 Å². The van der Waals surface area contributed by atoms with Crippen molar-refractivity contribution in [3.05, 3.63) is 47.7 Å². The third kappa shape index (κ3) is 2.49. The predicted octanol–water partition coefficient (Wildman–Crippen LogP) is 1.17. The number of carbonyl (C=O) groups is 1. The van der Waals surface area contributed by atoms with Crippen LogP contribution in [0.5, 0.6) is 5.75 Å². The number of nitrogen functional groups attached to an aromatic ring is 1. The quantitative estimate of drug-likeness (QED) is 0.480. The van der Waals surface area contributed by atoms with Crippen LogP contribution in [0.2, 0.25) is 0 Å². The molecular formula is C12H13N3O3. The number of nitrogens with two attached hydrogens (primary N) is 1. The first kappa shape index (κ1) is 12.1. The number of nitrogens with zero attached hydrogens (tertiary/aromatic N) is 1. The van der Waals surface area contributed by atoms with E-state index in [4.69, 9.17) is 15.0 Å². The van der Waals surface area contributed by atoms with Gasteiger partial charge in [0.1, 0.15) is 12.4 Å². The summed E-state index contributed by atoms with van der Waals surface area (Å²) >= 11 is 0. The molecule has 6 nitrogen and oxygen atoms in total. The number of rotatable bonds is 4. The van der Waals surface area contributed by atoms with E-state index >= 15 is 0 Å². The minimum Gasteiger partial charge on any atom is -0.487 e. The Morgan fingerprint density at radius 2 is 2.39 bits per heavy atom. The van der Waals surface area contributed by atoms with Crippen molar-refractivity contribution in [2.75, 3.05) is 0 Å². The Labute approximate surface area is 104 Å². The zero-order chi connectivity index (χ0) is 13.0. The van der Waals surface area contributed by atoms with Gasteiger partial charge in [0.05, 0.1) is 12.0 Å². The van der Waals surface area contributed by atoms with Gasteiger partial charge in [0.2, 0.25) is 0 Å². The molecule has 6 heteroatoms. The Morgan fingerprint density at radius 3 is 3.11 bits per heavy atom. The maximum absolute atomic E-state index is 11.4. The highest BCUT2D eigenvalue weighted by atomic mass is 16.5. The highest BCUT2D eigenvalue weighted by Crippen LogP contribution is 2.17. The molecule has 94 valence electrons. The number of hydrogen-bond donors (Lipinski definition) is 2. The first-order valence-corrected chi connectivity index (χ1v) is 5.34. The van der Waals surface area contributed by atoms with Crippen molar-refractivity contribution in [3.63, 3.8) is 0 Å². The van der Waals surface area contributed by atoms with Gasteiger partial charge in [0.15, 0.2) is 5.76 Å². The van der Waals surface area contributed by atoms with Crippen molar-refractivity contribution in [2.24, 2.45) is 5.84 Å². The normalized spacial score (nSPS) is 10.1. The second-order valence-corrected chi connectivity index (χ2v) is 3.62. The van der Waals surface area contributed by atoms with Crippen molar-refractivity contribution in [1.29, 1.82) is 0 Å². The molecule has 0 aliphatic carbocycles. The van der Waals surface area contributed by atoms with Gasteiger partial charge in [-0.2, -0.15) is 0 Å². The molecule has 2 heterocycles. The van der Waals surface area contributed by atoms with Crippen molar-refractivity contribution < 1.29 is 13.9 Å². The van der Waals surface area contributed by atoms with Crippen LogP contribution in [0.3, 0.4) is 0 Å². The molecule has 0 spiro atoms. The topological polar surface area (TPSA) is 90.4 Å². The molecule has 0 fully saturated rings. The summed E-state index contributed by atoms with van der Waals surface area (Å²) in [5.74, 6) is 5.38. The van der Waals surface area contributed by atoms with Crippen LogP contribution in [0.15, 0.2) is 35.1 Å². The summed E-state index contributed by atoms with van der Waals surface area (Å²) in [6, 6.07) is 5.26. The minimum absolute atomic E-state index is 0.152. The average Bonchev–Trinajstić information content (AvgIpc) is 2.85. The highest BCUT2D eigenvalue weighted by molar-refractivity contribution is 5.92. The van der Waals surface area contributed by atoms with Gasteiger partial charge < -0.3 is 9.15 Å². The van der Waals surface area contributed by atoms with Crippen LogP contribution in [0.1, 0.15) is 21.8 Å². The fourth-order valence-electron chi connectivity index (χ4n) is 1.49. The first-order chi connectivity index (χ1) is 8.72. The lowest BCUT2D eigenvalue weighted by atomic mass is 10.2. The molecule has 3 N–H and O–H groups in total. The van der Waals surface area contributed by atoms with E-state index in [-0.39, 0.29) is 12.4 Å². The van der Waals surface area contributed by atoms with E-state index in [1.807, 2.05) is 18.4 Å². The number of nitrogens with one attached hydrogen (secondary N) is 1. The van der Waals surface area contributed by atoms with E-state index in [0.717, 1.165) is 5.69 Å². The summed E-state index contributed by atoms with van der Waals surface area (Å²) in [6.45, 7) is 2.06. The van der Waals surface area contributed by atoms with Crippen molar-refractivity contribution in [2.45, 2.75) is 13.5 Å². The van der Waals surface area contributed by atoms with E-state index in [2.05, 4.69) is 4.98 Å². The Balaban J connectivity index is 2.09. The molecular weight excluding hydrogens is 234 g/mol. The third-order valence-corrected chi connectivity index (χ3v) is 2.43. The Hall–Kier alpha value is -2.34. The van der Waals surface area contributed by atoms with Gasteiger partial charge in [0.25, 0.3) is 0 Å². The number of aryl methyl sites for hydroxylation is 1. The zero-order valence-electron chi connectivity index (χ0n) is 9.84. The molecule has 0 radical (unpaired) electrons. The van der Waals surface area contributed by atoms with Crippen molar-refractivity contribution in [1.82, 2.24) is 10.4 Å². The summed E-state index contributed by atoms with van der Waals surface area (Å²) < 4.78 is 10.6. The van der Waals surface area contributed by atoms with Crippen molar-refractivity contribution in [3.8, 4) is 5.75 Å². The Bertz CT molecular complexity index is 551. The lowest BCUT2D eigenvalue weighted by molar-refractivity contribution is 0.0922. The molecule has 2 aromatic heterocycles. The summed E-state index contributed by atoms with van der Waals surface area (Å²) in [7, 11) is 0. The Kier molecular flexibility index (Phi) is 3.59. The third-order valence-electron chi connectivity index (χ3n) is 2.43. The largest absolute Gasteiger partial charge is 0.487 e. The van der Waals surface area contributed by atoms with Crippen molar-refractivity contribution >= 4 is 5.91 Å². The molecule has 0 unspecified atom stereocenters. The number of amides is 1. The predicted molar refractivity (Wildman–Crippen MR) is 63.7 cm³/mol. The lowest BCUT2D eigenvalue weighted by Gasteiger charge is -2.07. The van der Waals surface area contributed by atoms with Gasteiger partial charge in [0, 0.05) is 11.8 Å². The number of pyridine rings is 1. The number of ether oxygens (including phenoxy) is 1. The monoisotopic (exact) mass is 247 g/mol. The molecule has 0 aliphatic heterocycles. The average molecular weight is 247 g/mol. The van der Waals surface area contributed by atoms with Crippen LogP contribution in [-0.4, -0.2) is 10.9 Å². The van der Waals surface area contributed by atoms with E-state index in [1.165, 1.54) is 6.26 Å². The molecule has 1 amide bonds. The number of furan rings is 1. The molecule has 0 aliphatic rings. The van der Waals surface area contributed by atoms with Crippen LogP contribution in [0.25, 0.3) is 0 Å². The fourth-order valence-corrected chi connectivity index (χ4v) is 1.49. The molecule has 0 bridgehead atoms. The van der Waals surface area contributed by atoms with Gasteiger partial charge in [-0.3, -0.25) is 15.2 Å². The number of hydrazine groups is 1. The maximum Gasteiger partial charge on any atom is 0.301 e. The standard InChI is InChI=1S/C12H13N3O3/c1-8-10(3-2-5-14-8)18-7-9-4-6-17-11(9)12(16)15-13/h2-6H,7,13H2,1H3,(H,15,16). The molecule has 2 aromatic rings. The smallest absolute Gasteiger partial charge is 0.301 e. The van der Waals surface area contributed by atoms with Gasteiger partial charge in [-0.1, -0.05) is 0 Å². The van der Waals surface area contributed by atoms with E-state index < -0.39 is 5.91 Å². The van der Waals surface area contributed by atoms with Gasteiger partial charge in [-0.05, 0) is 25.1 Å². The van der Waals surface area contributed by atoms with E-state index in [0.29, 0.717) is 11.3 Å². The molecule has 0 aromatic carbocycles. The number of aromatic nitrogens is 1. The summed E-state index contributed by atoms with van der Waals surface area (Å²) in [5, 5.41) is 0. The van der Waals surface area contributed by atoms with Crippen LogP contribution in [-0.2, 0) is 6.61 Å². The zero-order valence-corrected chi connectivity index (χ0v) is 9.84. The van der Waals surface area contributed by atoms with Gasteiger partial charge in [-0.15, -0.1) is 0 Å². The Morgan fingerprint density at radius 1 is 1.56 bits per heavy atom. The highest BCUT2D eigenvalue weighted by Gasteiger charge is 2.14. The van der Waals surface area contributed by atoms with Crippen LogP contribution in [0, 0.1) is 6.92 Å². The molecule has 0 saturated carbocycles. The lowest BCUT2D eigenvalue weighted by Crippen LogP contribution is -2.30. The summed E-state index contributed by atoms with van der Waals surface area (Å²) in [6.07, 6.45) is 3.10. The van der Waals surface area contributed by atoms with Crippen LogP contribution >= 0.6 is 0 Å².